The normalized spacial score (nSPS) is 18.3. The predicted octanol–water partition coefficient (Wildman–Crippen LogP) is 2.45. The molecule has 0 aliphatic carbocycles. The maximum Gasteiger partial charge on any atom is 0.312 e. The quantitative estimate of drug-likeness (QED) is 0.925. The van der Waals surface area contributed by atoms with Crippen LogP contribution in [-0.4, -0.2) is 30.1 Å². The number of ether oxygens (including phenoxy) is 1. The summed E-state index contributed by atoms with van der Waals surface area (Å²) in [6, 6.07) is 12.6. The zero-order valence-electron chi connectivity index (χ0n) is 12.4. The van der Waals surface area contributed by atoms with Crippen molar-refractivity contribution in [3.63, 3.8) is 0 Å². The summed E-state index contributed by atoms with van der Waals surface area (Å²) >= 11 is 0. The van der Waals surface area contributed by atoms with E-state index >= 15 is 0 Å². The number of fused-ring (bicyclic) bond motifs is 2. The number of carboxylic acid groups (broad SMARTS) is 1. The van der Waals surface area contributed by atoms with Crippen molar-refractivity contribution in [2.24, 2.45) is 0 Å². The smallest absolute Gasteiger partial charge is 0.312 e. The first kappa shape index (κ1) is 13.8. The van der Waals surface area contributed by atoms with Gasteiger partial charge in [-0.2, -0.15) is 0 Å². The predicted molar refractivity (Wildman–Crippen MR) is 84.1 cm³/mol. The number of nitrogens with zero attached hydrogens (tertiary/aromatic N) is 1. The van der Waals surface area contributed by atoms with Gasteiger partial charge >= 0.3 is 5.97 Å². The molecule has 0 radical (unpaired) electrons. The van der Waals surface area contributed by atoms with E-state index in [1.807, 2.05) is 18.2 Å². The molecule has 2 aliphatic rings. The number of carboxylic acids is 1. The van der Waals surface area contributed by atoms with Gasteiger partial charge in [0.25, 0.3) is 5.91 Å². The van der Waals surface area contributed by atoms with E-state index in [-0.39, 0.29) is 12.5 Å². The Labute approximate surface area is 133 Å². The molecule has 2 aliphatic heterocycles. The fraction of sp³-hybridized carbons (Fsp3) is 0.222. The van der Waals surface area contributed by atoms with Gasteiger partial charge in [0.1, 0.15) is 11.7 Å². The van der Waals surface area contributed by atoms with E-state index in [2.05, 4.69) is 0 Å². The molecule has 2 heterocycles. The molecule has 23 heavy (non-hydrogen) atoms. The number of para-hydroxylation sites is 1. The molecule has 2 aromatic carbocycles. The standard InChI is InChI=1S/C18H15NO4/c20-17(12-5-6-16-11(9-12)7-8-23-16)19-10-14(18(21)22)13-3-1-2-4-15(13)19/h1-6,9,14H,7-8,10H2,(H,21,22)/t14-/m0/s1. The number of carbonyl (C=O) groups excluding carboxylic acids is 1. The van der Waals surface area contributed by atoms with E-state index in [1.54, 1.807) is 29.2 Å². The van der Waals surface area contributed by atoms with Crippen LogP contribution in [0.4, 0.5) is 5.69 Å². The Morgan fingerprint density at radius 1 is 1.17 bits per heavy atom. The zero-order chi connectivity index (χ0) is 16.0. The van der Waals surface area contributed by atoms with E-state index in [9.17, 15) is 14.7 Å². The van der Waals surface area contributed by atoms with Crippen molar-refractivity contribution in [2.75, 3.05) is 18.1 Å². The molecule has 1 atom stereocenters. The molecule has 0 unspecified atom stereocenters. The number of hydrogen-bond acceptors (Lipinski definition) is 3. The van der Waals surface area contributed by atoms with Gasteiger partial charge in [-0.05, 0) is 35.4 Å². The number of carbonyl (C=O) groups is 2. The van der Waals surface area contributed by atoms with Gasteiger partial charge in [0, 0.05) is 24.2 Å². The second-order valence-corrected chi connectivity index (χ2v) is 5.79. The first-order valence-corrected chi connectivity index (χ1v) is 7.54. The van der Waals surface area contributed by atoms with Gasteiger partial charge in [-0.1, -0.05) is 18.2 Å². The minimum atomic E-state index is -0.907. The second kappa shape index (κ2) is 5.12. The molecule has 0 spiro atoms. The monoisotopic (exact) mass is 309 g/mol. The van der Waals surface area contributed by atoms with Crippen LogP contribution < -0.4 is 9.64 Å². The van der Waals surface area contributed by atoms with Crippen LogP contribution in [0.1, 0.15) is 27.4 Å². The van der Waals surface area contributed by atoms with Crippen LogP contribution in [0.5, 0.6) is 5.75 Å². The highest BCUT2D eigenvalue weighted by atomic mass is 16.5. The van der Waals surface area contributed by atoms with Crippen LogP contribution in [0.25, 0.3) is 0 Å². The molecule has 116 valence electrons. The van der Waals surface area contributed by atoms with Gasteiger partial charge in [0.2, 0.25) is 0 Å². The van der Waals surface area contributed by atoms with E-state index in [0.29, 0.717) is 23.4 Å². The number of aliphatic carboxylic acids is 1. The van der Waals surface area contributed by atoms with Crippen molar-refractivity contribution in [2.45, 2.75) is 12.3 Å². The van der Waals surface area contributed by atoms with Crippen LogP contribution >= 0.6 is 0 Å². The summed E-state index contributed by atoms with van der Waals surface area (Å²) in [6.07, 6.45) is 0.796. The minimum absolute atomic E-state index is 0.168. The van der Waals surface area contributed by atoms with Crippen LogP contribution in [0.15, 0.2) is 42.5 Å². The van der Waals surface area contributed by atoms with Gasteiger partial charge in [-0.3, -0.25) is 9.59 Å². The highest BCUT2D eigenvalue weighted by Crippen LogP contribution is 2.37. The van der Waals surface area contributed by atoms with Gasteiger partial charge in [-0.25, -0.2) is 0 Å². The lowest BCUT2D eigenvalue weighted by atomic mass is 10.0. The number of amides is 1. The first-order valence-electron chi connectivity index (χ1n) is 7.54. The lowest BCUT2D eigenvalue weighted by molar-refractivity contribution is -0.138. The third kappa shape index (κ3) is 2.16. The summed E-state index contributed by atoms with van der Waals surface area (Å²) in [7, 11) is 0. The van der Waals surface area contributed by atoms with Crippen molar-refractivity contribution in [3.05, 3.63) is 59.2 Å². The number of hydrogen-bond donors (Lipinski definition) is 1. The average molecular weight is 309 g/mol. The highest BCUT2D eigenvalue weighted by Gasteiger charge is 2.36. The third-order valence-corrected chi connectivity index (χ3v) is 4.45. The van der Waals surface area contributed by atoms with Crippen molar-refractivity contribution >= 4 is 17.6 Å². The van der Waals surface area contributed by atoms with Gasteiger partial charge < -0.3 is 14.7 Å². The number of rotatable bonds is 2. The molecular formula is C18H15NO4. The first-order chi connectivity index (χ1) is 11.1. The topological polar surface area (TPSA) is 66.8 Å². The highest BCUT2D eigenvalue weighted by molar-refractivity contribution is 6.09. The number of anilines is 1. The summed E-state index contributed by atoms with van der Waals surface area (Å²) in [4.78, 5) is 25.9. The lowest BCUT2D eigenvalue weighted by Crippen LogP contribution is -2.31. The molecule has 0 saturated heterocycles. The summed E-state index contributed by atoms with van der Waals surface area (Å²) < 4.78 is 5.46. The van der Waals surface area contributed by atoms with Gasteiger partial charge in [0.05, 0.1) is 6.61 Å². The molecule has 0 fully saturated rings. The maximum absolute atomic E-state index is 12.9. The Bertz CT molecular complexity index is 814. The van der Waals surface area contributed by atoms with Crippen LogP contribution in [0.2, 0.25) is 0 Å². The van der Waals surface area contributed by atoms with E-state index < -0.39 is 11.9 Å². The Kier molecular flexibility index (Phi) is 3.08. The molecular weight excluding hydrogens is 294 g/mol. The Balaban J connectivity index is 1.71. The van der Waals surface area contributed by atoms with E-state index in [0.717, 1.165) is 17.7 Å². The molecule has 1 amide bonds. The van der Waals surface area contributed by atoms with Crippen LogP contribution in [0.3, 0.4) is 0 Å². The molecule has 5 heteroatoms. The maximum atomic E-state index is 12.9. The fourth-order valence-electron chi connectivity index (χ4n) is 3.29. The number of benzene rings is 2. The Hall–Kier alpha value is -2.82. The second-order valence-electron chi connectivity index (χ2n) is 5.79. The van der Waals surface area contributed by atoms with Gasteiger partial charge in [0.15, 0.2) is 0 Å². The summed E-state index contributed by atoms with van der Waals surface area (Å²) in [5.41, 5.74) is 2.97. The SMILES string of the molecule is O=C(O)[C@H]1CN(C(=O)c2ccc3c(c2)CCO3)c2ccccc21. The zero-order valence-corrected chi connectivity index (χ0v) is 12.4. The van der Waals surface area contributed by atoms with Gasteiger partial charge in [-0.15, -0.1) is 0 Å². The van der Waals surface area contributed by atoms with Crippen LogP contribution in [-0.2, 0) is 11.2 Å². The molecule has 1 N–H and O–H groups in total. The lowest BCUT2D eigenvalue weighted by Gasteiger charge is -2.18. The molecule has 0 bridgehead atoms. The van der Waals surface area contributed by atoms with E-state index in [4.69, 9.17) is 4.74 Å². The average Bonchev–Trinajstić information content (AvgIpc) is 3.18. The van der Waals surface area contributed by atoms with E-state index in [1.165, 1.54) is 0 Å². The van der Waals surface area contributed by atoms with Crippen molar-refractivity contribution in [3.8, 4) is 5.75 Å². The molecule has 2 aromatic rings. The molecule has 0 saturated carbocycles. The van der Waals surface area contributed by atoms with Crippen molar-refractivity contribution in [1.82, 2.24) is 0 Å². The van der Waals surface area contributed by atoms with Crippen molar-refractivity contribution in [1.29, 1.82) is 0 Å². The largest absolute Gasteiger partial charge is 0.493 e. The fourth-order valence-corrected chi connectivity index (χ4v) is 3.29. The Morgan fingerprint density at radius 2 is 2.00 bits per heavy atom. The summed E-state index contributed by atoms with van der Waals surface area (Å²) in [6.45, 7) is 0.807. The van der Waals surface area contributed by atoms with Crippen LogP contribution in [0, 0.1) is 0 Å². The summed E-state index contributed by atoms with van der Waals surface area (Å²) in [5, 5.41) is 9.40. The molecule has 4 rings (SSSR count). The molecule has 0 aromatic heterocycles. The molecule has 5 nitrogen and oxygen atoms in total. The minimum Gasteiger partial charge on any atom is -0.493 e. The Morgan fingerprint density at radius 3 is 2.83 bits per heavy atom. The summed E-state index contributed by atoms with van der Waals surface area (Å²) in [5.74, 6) is -0.925. The van der Waals surface area contributed by atoms with Crippen molar-refractivity contribution < 1.29 is 19.4 Å². The third-order valence-electron chi connectivity index (χ3n) is 4.45.